The molecule has 7 nitrogen and oxygen atoms in total. The molecule has 1 unspecified atom stereocenters. The van der Waals surface area contributed by atoms with E-state index in [1.54, 1.807) is 18.8 Å². The van der Waals surface area contributed by atoms with Crippen LogP contribution in [0.4, 0.5) is 5.95 Å². The van der Waals surface area contributed by atoms with Crippen molar-refractivity contribution in [3.63, 3.8) is 0 Å². The van der Waals surface area contributed by atoms with Gasteiger partial charge in [-0.15, -0.1) is 0 Å². The summed E-state index contributed by atoms with van der Waals surface area (Å²) < 4.78 is 6.91. The first-order chi connectivity index (χ1) is 6.81. The van der Waals surface area contributed by atoms with E-state index < -0.39 is 0 Å². The average Bonchev–Trinajstić information content (AvgIpc) is 2.77. The van der Waals surface area contributed by atoms with Crippen LogP contribution in [0.2, 0.25) is 0 Å². The first-order valence-electron chi connectivity index (χ1n) is 4.53. The number of nitrogens with zero attached hydrogens (tertiary/aromatic N) is 4. The second kappa shape index (κ2) is 3.89. The maximum Gasteiger partial charge on any atom is 0.242 e. The van der Waals surface area contributed by atoms with E-state index in [2.05, 4.69) is 26.2 Å². The maximum atomic E-state index is 5.31. The molecule has 2 N–H and O–H groups in total. The summed E-state index contributed by atoms with van der Waals surface area (Å²) in [7, 11) is 3.51. The van der Waals surface area contributed by atoms with E-state index in [1.807, 2.05) is 0 Å². The minimum atomic E-state index is 0.173. The van der Waals surface area contributed by atoms with E-state index in [1.165, 1.54) is 0 Å². The van der Waals surface area contributed by atoms with E-state index in [4.69, 9.17) is 4.74 Å². The summed E-state index contributed by atoms with van der Waals surface area (Å²) in [6.07, 6.45) is 0.173. The molecule has 2 heterocycles. The summed E-state index contributed by atoms with van der Waals surface area (Å²) in [5.74, 6) is 0.667. The van der Waals surface area contributed by atoms with E-state index in [0.29, 0.717) is 5.95 Å². The fourth-order valence-electron chi connectivity index (χ4n) is 1.56. The Morgan fingerprint density at radius 3 is 3.07 bits per heavy atom. The lowest BCUT2D eigenvalue weighted by Crippen LogP contribution is -2.34. The van der Waals surface area contributed by atoms with Gasteiger partial charge in [0.25, 0.3) is 0 Å². The lowest BCUT2D eigenvalue weighted by molar-refractivity contribution is 0.111. The Morgan fingerprint density at radius 1 is 1.57 bits per heavy atom. The molecule has 1 aliphatic heterocycles. The molecule has 1 aromatic heterocycles. The highest BCUT2D eigenvalue weighted by atomic mass is 16.5. The van der Waals surface area contributed by atoms with Gasteiger partial charge in [-0.2, -0.15) is 0 Å². The second-order valence-corrected chi connectivity index (χ2v) is 3.31. The third-order valence-electron chi connectivity index (χ3n) is 2.40. The van der Waals surface area contributed by atoms with Gasteiger partial charge in [0.15, 0.2) is 0 Å². The Balaban J connectivity index is 2.00. The fraction of sp³-hybridized carbons (Fsp3) is 0.857. The number of anilines is 1. The molecule has 1 saturated heterocycles. The van der Waals surface area contributed by atoms with Gasteiger partial charge in [-0.25, -0.2) is 4.68 Å². The van der Waals surface area contributed by atoms with Crippen LogP contribution in [0.5, 0.6) is 0 Å². The van der Waals surface area contributed by atoms with Gasteiger partial charge in [0.2, 0.25) is 5.95 Å². The molecule has 0 radical (unpaired) electrons. The van der Waals surface area contributed by atoms with Crippen LogP contribution >= 0.6 is 0 Å². The standard InChI is InChI=1S/C7H14N6O/c1-13-7(10-11-12-13)9-5-3-8-4-6(5)14-2/h5-6,8H,3-4H2,1-2H3,(H,9,10,12)/t5?,6-/m0/s1. The van der Waals surface area contributed by atoms with Crippen molar-refractivity contribution >= 4 is 5.95 Å². The molecule has 7 heteroatoms. The number of ether oxygens (including phenoxy) is 1. The van der Waals surface area contributed by atoms with Crippen LogP contribution < -0.4 is 10.6 Å². The molecule has 0 amide bonds. The Morgan fingerprint density at radius 2 is 2.43 bits per heavy atom. The zero-order valence-corrected chi connectivity index (χ0v) is 8.27. The SMILES string of the molecule is CO[C@H]1CNCC1Nc1nnnn1C. The third kappa shape index (κ3) is 1.68. The van der Waals surface area contributed by atoms with Crippen LogP contribution in [-0.4, -0.2) is 52.6 Å². The number of methoxy groups -OCH3 is 1. The Hall–Kier alpha value is -1.21. The summed E-state index contributed by atoms with van der Waals surface area (Å²) >= 11 is 0. The molecule has 1 aliphatic rings. The predicted molar refractivity (Wildman–Crippen MR) is 49.9 cm³/mol. The molecule has 0 spiro atoms. The Bertz CT molecular complexity index is 300. The number of hydrogen-bond acceptors (Lipinski definition) is 6. The maximum absolute atomic E-state index is 5.31. The molecule has 0 bridgehead atoms. The third-order valence-corrected chi connectivity index (χ3v) is 2.40. The number of tetrazole rings is 1. The molecule has 0 aromatic carbocycles. The van der Waals surface area contributed by atoms with Crippen LogP contribution in [0.1, 0.15) is 0 Å². The van der Waals surface area contributed by atoms with Crippen LogP contribution in [0.3, 0.4) is 0 Å². The summed E-state index contributed by atoms with van der Waals surface area (Å²) in [4.78, 5) is 0. The summed E-state index contributed by atoms with van der Waals surface area (Å²) in [5, 5.41) is 17.6. The van der Waals surface area contributed by atoms with Crippen molar-refractivity contribution in [2.45, 2.75) is 12.1 Å². The van der Waals surface area contributed by atoms with E-state index in [-0.39, 0.29) is 12.1 Å². The van der Waals surface area contributed by atoms with Gasteiger partial charge in [0, 0.05) is 27.2 Å². The molecule has 78 valence electrons. The van der Waals surface area contributed by atoms with Gasteiger partial charge in [-0.05, 0) is 10.4 Å². The van der Waals surface area contributed by atoms with Crippen molar-refractivity contribution in [1.29, 1.82) is 0 Å². The van der Waals surface area contributed by atoms with Gasteiger partial charge in [0.1, 0.15) is 0 Å². The van der Waals surface area contributed by atoms with Gasteiger partial charge in [0.05, 0.1) is 12.1 Å². The Kier molecular flexibility index (Phi) is 2.60. The number of hydrogen-bond donors (Lipinski definition) is 2. The molecule has 2 atom stereocenters. The van der Waals surface area contributed by atoms with Gasteiger partial charge in [-0.1, -0.05) is 5.10 Å². The van der Waals surface area contributed by atoms with E-state index in [0.717, 1.165) is 13.1 Å². The lowest BCUT2D eigenvalue weighted by atomic mass is 10.2. The van der Waals surface area contributed by atoms with Crippen molar-refractivity contribution in [2.75, 3.05) is 25.5 Å². The smallest absolute Gasteiger partial charge is 0.242 e. The number of nitrogens with one attached hydrogen (secondary N) is 2. The van der Waals surface area contributed by atoms with Gasteiger partial charge in [-0.3, -0.25) is 0 Å². The minimum Gasteiger partial charge on any atom is -0.378 e. The zero-order chi connectivity index (χ0) is 9.97. The lowest BCUT2D eigenvalue weighted by Gasteiger charge is -2.17. The minimum absolute atomic E-state index is 0.173. The Labute approximate surface area is 81.8 Å². The topological polar surface area (TPSA) is 76.9 Å². The van der Waals surface area contributed by atoms with Crippen molar-refractivity contribution in [1.82, 2.24) is 25.5 Å². The number of rotatable bonds is 3. The van der Waals surface area contributed by atoms with Crippen molar-refractivity contribution in [3.05, 3.63) is 0 Å². The molecule has 14 heavy (non-hydrogen) atoms. The predicted octanol–water partition coefficient (Wildman–Crippen LogP) is -1.39. The molecule has 0 aliphatic carbocycles. The van der Waals surface area contributed by atoms with Crippen molar-refractivity contribution < 1.29 is 4.74 Å². The number of aryl methyl sites for hydroxylation is 1. The normalized spacial score (nSPS) is 26.7. The van der Waals surface area contributed by atoms with Crippen LogP contribution in [0.25, 0.3) is 0 Å². The van der Waals surface area contributed by atoms with Gasteiger partial charge < -0.3 is 15.4 Å². The molecular weight excluding hydrogens is 184 g/mol. The molecule has 2 rings (SSSR count). The largest absolute Gasteiger partial charge is 0.378 e. The van der Waals surface area contributed by atoms with Gasteiger partial charge >= 0.3 is 0 Å². The first kappa shape index (κ1) is 9.35. The average molecular weight is 198 g/mol. The summed E-state index contributed by atoms with van der Waals surface area (Å²) in [6, 6.07) is 0.227. The molecule has 1 aromatic rings. The molecule has 1 fully saturated rings. The second-order valence-electron chi connectivity index (χ2n) is 3.31. The number of aromatic nitrogens is 4. The monoisotopic (exact) mass is 198 g/mol. The summed E-state index contributed by atoms with van der Waals surface area (Å²) in [5.41, 5.74) is 0. The van der Waals surface area contributed by atoms with E-state index >= 15 is 0 Å². The van der Waals surface area contributed by atoms with Crippen LogP contribution in [-0.2, 0) is 11.8 Å². The molecule has 0 saturated carbocycles. The zero-order valence-electron chi connectivity index (χ0n) is 8.27. The van der Waals surface area contributed by atoms with Crippen LogP contribution in [0.15, 0.2) is 0 Å². The summed E-state index contributed by atoms with van der Waals surface area (Å²) in [6.45, 7) is 1.73. The highest BCUT2D eigenvalue weighted by Crippen LogP contribution is 2.09. The van der Waals surface area contributed by atoms with Crippen molar-refractivity contribution in [3.8, 4) is 0 Å². The highest BCUT2D eigenvalue weighted by Gasteiger charge is 2.27. The van der Waals surface area contributed by atoms with Crippen LogP contribution in [0, 0.1) is 0 Å². The highest BCUT2D eigenvalue weighted by molar-refractivity contribution is 5.25. The van der Waals surface area contributed by atoms with Crippen molar-refractivity contribution in [2.24, 2.45) is 7.05 Å². The van der Waals surface area contributed by atoms with E-state index in [9.17, 15) is 0 Å². The quantitative estimate of drug-likeness (QED) is 0.622. The molecular formula is C7H14N6O. The fourth-order valence-corrected chi connectivity index (χ4v) is 1.56. The first-order valence-corrected chi connectivity index (χ1v) is 4.53.